The van der Waals surface area contributed by atoms with Gasteiger partial charge in [-0.15, -0.1) is 0 Å². The standard InChI is InChI=1S/C22H22N2O3/c25-20-18(14-15-6-2-1-3-7-15)26-21(24-20)19-16-8-4-5-9-17(16)22(27-19)10-12-23-13-11-22/h1-9,18-19,23H,10-14H2/t18-,19?/m1/s1. The minimum atomic E-state index is -0.567. The van der Waals surface area contributed by atoms with Crippen molar-refractivity contribution < 1.29 is 14.3 Å². The Morgan fingerprint density at radius 2 is 1.78 bits per heavy atom. The number of ether oxygens (including phenoxy) is 2. The SMILES string of the molecule is O=C1N=C(C2OC3(CCNCC3)c3ccccc32)O[C@@H]1Cc1ccccc1. The van der Waals surface area contributed by atoms with Gasteiger partial charge in [0.25, 0.3) is 5.91 Å². The quantitative estimate of drug-likeness (QED) is 0.912. The molecule has 5 nitrogen and oxygen atoms in total. The Kier molecular flexibility index (Phi) is 4.06. The van der Waals surface area contributed by atoms with E-state index in [2.05, 4.69) is 28.5 Å². The number of carbonyl (C=O) groups excluding carboxylic acids is 1. The highest BCUT2D eigenvalue weighted by molar-refractivity contribution is 6.02. The Labute approximate surface area is 158 Å². The largest absolute Gasteiger partial charge is 0.465 e. The summed E-state index contributed by atoms with van der Waals surface area (Å²) >= 11 is 0. The van der Waals surface area contributed by atoms with E-state index >= 15 is 0 Å². The molecule has 1 fully saturated rings. The summed E-state index contributed by atoms with van der Waals surface area (Å²) < 4.78 is 12.6. The molecule has 1 saturated heterocycles. The molecule has 1 N–H and O–H groups in total. The smallest absolute Gasteiger partial charge is 0.290 e. The second-order valence-electron chi connectivity index (χ2n) is 7.41. The van der Waals surface area contributed by atoms with Gasteiger partial charge in [-0.05, 0) is 42.6 Å². The molecule has 1 unspecified atom stereocenters. The summed E-state index contributed by atoms with van der Waals surface area (Å²) in [7, 11) is 0. The normalized spacial score (nSPS) is 25.9. The van der Waals surface area contributed by atoms with Crippen molar-refractivity contribution in [3.05, 3.63) is 71.3 Å². The first-order chi connectivity index (χ1) is 13.3. The second-order valence-corrected chi connectivity index (χ2v) is 7.41. The third-order valence-corrected chi connectivity index (χ3v) is 5.74. The van der Waals surface area contributed by atoms with Crippen LogP contribution in [0, 0.1) is 0 Å². The lowest BCUT2D eigenvalue weighted by atomic mass is 9.84. The summed E-state index contributed by atoms with van der Waals surface area (Å²) in [6, 6.07) is 18.2. The number of benzene rings is 2. The van der Waals surface area contributed by atoms with E-state index in [-0.39, 0.29) is 11.5 Å². The predicted octanol–water partition coefficient (Wildman–Crippen LogP) is 2.90. The molecular weight excluding hydrogens is 340 g/mol. The van der Waals surface area contributed by atoms with Crippen LogP contribution in [0.4, 0.5) is 0 Å². The average molecular weight is 362 g/mol. The number of rotatable bonds is 3. The monoisotopic (exact) mass is 362 g/mol. The number of hydrogen-bond donors (Lipinski definition) is 1. The van der Waals surface area contributed by atoms with E-state index in [9.17, 15) is 4.79 Å². The van der Waals surface area contributed by atoms with Crippen LogP contribution in [-0.4, -0.2) is 31.0 Å². The summed E-state index contributed by atoms with van der Waals surface area (Å²) in [5.41, 5.74) is 3.04. The topological polar surface area (TPSA) is 59.9 Å². The van der Waals surface area contributed by atoms with E-state index in [1.165, 1.54) is 5.56 Å². The molecule has 5 rings (SSSR count). The van der Waals surface area contributed by atoms with Gasteiger partial charge in [-0.2, -0.15) is 4.99 Å². The zero-order chi connectivity index (χ0) is 18.3. The summed E-state index contributed by atoms with van der Waals surface area (Å²) in [4.78, 5) is 16.7. The summed E-state index contributed by atoms with van der Waals surface area (Å²) in [5, 5.41) is 3.40. The predicted molar refractivity (Wildman–Crippen MR) is 102 cm³/mol. The highest BCUT2D eigenvalue weighted by atomic mass is 16.6. The molecule has 0 saturated carbocycles. The van der Waals surface area contributed by atoms with E-state index in [0.717, 1.165) is 37.1 Å². The van der Waals surface area contributed by atoms with Crippen LogP contribution in [0.2, 0.25) is 0 Å². The van der Waals surface area contributed by atoms with Crippen molar-refractivity contribution >= 4 is 11.8 Å². The number of nitrogens with zero attached hydrogens (tertiary/aromatic N) is 1. The lowest BCUT2D eigenvalue weighted by Gasteiger charge is -2.34. The highest BCUT2D eigenvalue weighted by Gasteiger charge is 2.49. The minimum Gasteiger partial charge on any atom is -0.465 e. The van der Waals surface area contributed by atoms with Crippen LogP contribution < -0.4 is 5.32 Å². The molecule has 0 radical (unpaired) electrons. The Morgan fingerprint density at radius 3 is 2.59 bits per heavy atom. The molecule has 1 amide bonds. The molecule has 2 atom stereocenters. The van der Waals surface area contributed by atoms with Gasteiger partial charge in [0, 0.05) is 6.42 Å². The van der Waals surface area contributed by atoms with Gasteiger partial charge in [0.15, 0.2) is 12.2 Å². The zero-order valence-electron chi connectivity index (χ0n) is 15.1. The van der Waals surface area contributed by atoms with E-state index in [1.54, 1.807) is 0 Å². The van der Waals surface area contributed by atoms with Crippen molar-refractivity contribution in [2.75, 3.05) is 13.1 Å². The highest BCUT2D eigenvalue weighted by Crippen LogP contribution is 2.49. The van der Waals surface area contributed by atoms with Gasteiger partial charge in [-0.25, -0.2) is 0 Å². The number of fused-ring (bicyclic) bond motifs is 2. The Balaban J connectivity index is 1.41. The number of aliphatic imine (C=N–C) groups is 1. The van der Waals surface area contributed by atoms with E-state index in [1.807, 2.05) is 36.4 Å². The summed E-state index contributed by atoms with van der Waals surface area (Å²) in [5.74, 6) is 0.185. The van der Waals surface area contributed by atoms with Gasteiger partial charge in [-0.3, -0.25) is 4.79 Å². The maximum Gasteiger partial charge on any atom is 0.290 e. The zero-order valence-corrected chi connectivity index (χ0v) is 15.1. The van der Waals surface area contributed by atoms with Crippen LogP contribution in [-0.2, 0) is 26.3 Å². The minimum absolute atomic E-state index is 0.221. The van der Waals surface area contributed by atoms with Gasteiger partial charge < -0.3 is 14.8 Å². The Hall–Kier alpha value is -2.50. The van der Waals surface area contributed by atoms with Crippen molar-refractivity contribution in [3.8, 4) is 0 Å². The number of amides is 1. The van der Waals surface area contributed by atoms with E-state index < -0.39 is 12.2 Å². The van der Waals surface area contributed by atoms with Crippen LogP contribution in [0.5, 0.6) is 0 Å². The van der Waals surface area contributed by atoms with Gasteiger partial charge in [0.2, 0.25) is 5.90 Å². The van der Waals surface area contributed by atoms with E-state index in [4.69, 9.17) is 9.47 Å². The molecule has 2 aromatic rings. The third kappa shape index (κ3) is 2.87. The summed E-state index contributed by atoms with van der Waals surface area (Å²) in [6.07, 6.45) is 1.38. The maximum absolute atomic E-state index is 12.4. The van der Waals surface area contributed by atoms with Crippen LogP contribution in [0.3, 0.4) is 0 Å². The molecule has 27 heavy (non-hydrogen) atoms. The molecule has 3 heterocycles. The molecule has 1 spiro atoms. The molecular formula is C22H22N2O3. The molecule has 0 aliphatic carbocycles. The molecule has 2 aromatic carbocycles. The lowest BCUT2D eigenvalue weighted by Crippen LogP contribution is -2.40. The Bertz CT molecular complexity index is 887. The van der Waals surface area contributed by atoms with Crippen LogP contribution in [0.15, 0.2) is 59.6 Å². The molecule has 0 aromatic heterocycles. The molecule has 0 bridgehead atoms. The number of nitrogens with one attached hydrogen (secondary N) is 1. The van der Waals surface area contributed by atoms with Crippen LogP contribution in [0.25, 0.3) is 0 Å². The number of hydrogen-bond acceptors (Lipinski definition) is 4. The fourth-order valence-corrected chi connectivity index (χ4v) is 4.38. The van der Waals surface area contributed by atoms with Gasteiger partial charge >= 0.3 is 0 Å². The summed E-state index contributed by atoms with van der Waals surface area (Å²) in [6.45, 7) is 1.84. The molecule has 138 valence electrons. The van der Waals surface area contributed by atoms with Crippen molar-refractivity contribution in [1.29, 1.82) is 0 Å². The van der Waals surface area contributed by atoms with Gasteiger partial charge in [0.05, 0.1) is 5.60 Å². The first kappa shape index (κ1) is 16.7. The lowest BCUT2D eigenvalue weighted by molar-refractivity contribution is -0.122. The first-order valence-corrected chi connectivity index (χ1v) is 9.56. The maximum atomic E-state index is 12.4. The number of piperidine rings is 1. The first-order valence-electron chi connectivity index (χ1n) is 9.56. The van der Waals surface area contributed by atoms with Crippen molar-refractivity contribution in [2.45, 2.75) is 37.1 Å². The van der Waals surface area contributed by atoms with E-state index in [0.29, 0.717) is 12.3 Å². The van der Waals surface area contributed by atoms with Crippen molar-refractivity contribution in [1.82, 2.24) is 5.32 Å². The van der Waals surface area contributed by atoms with Gasteiger partial charge in [0.1, 0.15) is 0 Å². The van der Waals surface area contributed by atoms with Gasteiger partial charge in [-0.1, -0.05) is 54.6 Å². The van der Waals surface area contributed by atoms with Crippen LogP contribution >= 0.6 is 0 Å². The number of carbonyl (C=O) groups is 1. The average Bonchev–Trinajstić information content (AvgIpc) is 3.22. The fourth-order valence-electron chi connectivity index (χ4n) is 4.38. The molecule has 3 aliphatic heterocycles. The molecule has 3 aliphatic rings. The third-order valence-electron chi connectivity index (χ3n) is 5.74. The fraction of sp³-hybridized carbons (Fsp3) is 0.364. The molecule has 5 heteroatoms. The van der Waals surface area contributed by atoms with Crippen LogP contribution in [0.1, 0.15) is 35.6 Å². The van der Waals surface area contributed by atoms with Crippen molar-refractivity contribution in [3.63, 3.8) is 0 Å². The second kappa shape index (κ2) is 6.59. The Morgan fingerprint density at radius 1 is 1.04 bits per heavy atom. The van der Waals surface area contributed by atoms with Crippen molar-refractivity contribution in [2.24, 2.45) is 4.99 Å².